The van der Waals surface area contributed by atoms with Gasteiger partial charge in [0.05, 0.1) is 23.1 Å². The second kappa shape index (κ2) is 5.84. The average molecular weight is 337 g/mol. The normalized spacial score (nSPS) is 16.9. The maximum absolute atomic E-state index is 12.2. The number of para-hydroxylation sites is 2. The zero-order valence-electron chi connectivity index (χ0n) is 14.0. The lowest BCUT2D eigenvalue weighted by Crippen LogP contribution is -2.51. The molecule has 0 bridgehead atoms. The van der Waals surface area contributed by atoms with Crippen LogP contribution in [0.15, 0.2) is 42.7 Å². The van der Waals surface area contributed by atoms with Gasteiger partial charge in [0.1, 0.15) is 5.54 Å². The summed E-state index contributed by atoms with van der Waals surface area (Å²) >= 11 is 0. The molecule has 0 saturated carbocycles. The zero-order chi connectivity index (χ0) is 17.4. The monoisotopic (exact) mass is 337 g/mol. The predicted molar refractivity (Wildman–Crippen MR) is 93.6 cm³/mol. The summed E-state index contributed by atoms with van der Waals surface area (Å²) < 4.78 is 1.82. The van der Waals surface area contributed by atoms with Gasteiger partial charge >= 0.3 is 5.97 Å². The van der Waals surface area contributed by atoms with Crippen LogP contribution in [-0.2, 0) is 10.3 Å². The molecule has 0 atom stereocenters. The number of carboxylic acid groups (broad SMARTS) is 1. The van der Waals surface area contributed by atoms with Crippen molar-refractivity contribution in [2.75, 3.05) is 18.0 Å². The summed E-state index contributed by atoms with van der Waals surface area (Å²) in [5, 5.41) is 18.3. The lowest BCUT2D eigenvalue weighted by Gasteiger charge is -2.40. The molecule has 3 aromatic rings. The minimum Gasteiger partial charge on any atom is -0.479 e. The molecule has 7 nitrogen and oxygen atoms in total. The van der Waals surface area contributed by atoms with Crippen molar-refractivity contribution in [1.82, 2.24) is 19.7 Å². The fourth-order valence-corrected chi connectivity index (χ4v) is 3.52. The highest BCUT2D eigenvalue weighted by molar-refractivity contribution is 5.82. The van der Waals surface area contributed by atoms with Crippen LogP contribution in [0.2, 0.25) is 0 Å². The quantitative estimate of drug-likeness (QED) is 0.789. The van der Waals surface area contributed by atoms with E-state index in [2.05, 4.69) is 20.1 Å². The molecule has 2 aromatic heterocycles. The first-order valence-corrected chi connectivity index (χ1v) is 8.31. The Kier molecular flexibility index (Phi) is 3.63. The number of aliphatic carboxylic acids is 1. The van der Waals surface area contributed by atoms with Crippen LogP contribution in [0.4, 0.5) is 5.82 Å². The molecule has 0 amide bonds. The number of fused-ring (bicyclic) bond motifs is 1. The summed E-state index contributed by atoms with van der Waals surface area (Å²) in [6, 6.07) is 11.5. The van der Waals surface area contributed by atoms with E-state index in [1.807, 2.05) is 47.9 Å². The summed E-state index contributed by atoms with van der Waals surface area (Å²) in [5.41, 5.74) is 1.55. The Morgan fingerprint density at radius 3 is 2.56 bits per heavy atom. The van der Waals surface area contributed by atoms with Crippen LogP contribution in [-0.4, -0.2) is 43.9 Å². The number of carboxylic acids is 1. The van der Waals surface area contributed by atoms with E-state index in [1.165, 1.54) is 0 Å². The topological polar surface area (TPSA) is 84.1 Å². The van der Waals surface area contributed by atoms with Crippen LogP contribution in [0.3, 0.4) is 0 Å². The molecule has 0 spiro atoms. The molecule has 4 rings (SSSR count). The van der Waals surface area contributed by atoms with Crippen LogP contribution >= 0.6 is 0 Å². The molecule has 7 heteroatoms. The number of aryl methyl sites for hydroxylation is 1. The van der Waals surface area contributed by atoms with Gasteiger partial charge in [0.2, 0.25) is 0 Å². The smallest absolute Gasteiger partial charge is 0.330 e. The van der Waals surface area contributed by atoms with E-state index in [-0.39, 0.29) is 0 Å². The van der Waals surface area contributed by atoms with Gasteiger partial charge in [-0.2, -0.15) is 5.10 Å². The van der Waals surface area contributed by atoms with Crippen LogP contribution in [0, 0.1) is 6.92 Å². The number of hydrogen-bond donors (Lipinski definition) is 1. The van der Waals surface area contributed by atoms with Crippen molar-refractivity contribution in [1.29, 1.82) is 0 Å². The molecule has 1 aliphatic rings. The van der Waals surface area contributed by atoms with E-state index in [9.17, 15) is 9.90 Å². The SMILES string of the molecule is Cc1ccc(N2CCC(C(=O)O)(n3cnc4ccccc43)CC2)nn1. The molecule has 1 N–H and O–H groups in total. The van der Waals surface area contributed by atoms with E-state index >= 15 is 0 Å². The summed E-state index contributed by atoms with van der Waals surface area (Å²) in [7, 11) is 0. The van der Waals surface area contributed by atoms with Crippen LogP contribution < -0.4 is 4.90 Å². The van der Waals surface area contributed by atoms with Crippen LogP contribution in [0.1, 0.15) is 18.5 Å². The maximum atomic E-state index is 12.2. The first kappa shape index (κ1) is 15.6. The summed E-state index contributed by atoms with van der Waals surface area (Å²) in [6.07, 6.45) is 2.62. The molecule has 0 unspecified atom stereocenters. The lowest BCUT2D eigenvalue weighted by atomic mass is 9.87. The number of anilines is 1. The molecule has 1 aromatic carbocycles. The van der Waals surface area contributed by atoms with Crippen LogP contribution in [0.25, 0.3) is 11.0 Å². The van der Waals surface area contributed by atoms with Crippen molar-refractivity contribution in [3.05, 3.63) is 48.4 Å². The van der Waals surface area contributed by atoms with E-state index in [1.54, 1.807) is 6.33 Å². The molecular weight excluding hydrogens is 318 g/mol. The number of rotatable bonds is 3. The van der Waals surface area contributed by atoms with Gasteiger partial charge in [-0.05, 0) is 44.0 Å². The number of piperidine rings is 1. The fourth-order valence-electron chi connectivity index (χ4n) is 3.52. The van der Waals surface area contributed by atoms with E-state index < -0.39 is 11.5 Å². The number of benzene rings is 1. The van der Waals surface area contributed by atoms with Crippen LogP contribution in [0.5, 0.6) is 0 Å². The Hall–Kier alpha value is -2.96. The van der Waals surface area contributed by atoms with Gasteiger partial charge in [0, 0.05) is 13.1 Å². The summed E-state index contributed by atoms with van der Waals surface area (Å²) in [5.74, 6) is -0.0228. The van der Waals surface area contributed by atoms with Crippen molar-refractivity contribution >= 4 is 22.8 Å². The highest BCUT2D eigenvalue weighted by Crippen LogP contribution is 2.34. The molecule has 25 heavy (non-hydrogen) atoms. The number of hydrogen-bond acceptors (Lipinski definition) is 5. The Morgan fingerprint density at radius 2 is 1.88 bits per heavy atom. The van der Waals surface area contributed by atoms with E-state index in [4.69, 9.17) is 0 Å². The van der Waals surface area contributed by atoms with Gasteiger partial charge in [0.25, 0.3) is 0 Å². The molecule has 1 fully saturated rings. The highest BCUT2D eigenvalue weighted by atomic mass is 16.4. The highest BCUT2D eigenvalue weighted by Gasteiger charge is 2.44. The number of nitrogens with zero attached hydrogens (tertiary/aromatic N) is 5. The Bertz CT molecular complexity index is 911. The first-order chi connectivity index (χ1) is 12.1. The molecule has 1 aliphatic heterocycles. The van der Waals surface area contributed by atoms with Crippen molar-refractivity contribution in [3.63, 3.8) is 0 Å². The zero-order valence-corrected chi connectivity index (χ0v) is 14.0. The number of imidazole rings is 1. The van der Waals surface area contributed by atoms with Crippen molar-refractivity contribution in [3.8, 4) is 0 Å². The number of carbonyl (C=O) groups is 1. The summed E-state index contributed by atoms with van der Waals surface area (Å²) in [4.78, 5) is 18.7. The second-order valence-corrected chi connectivity index (χ2v) is 6.46. The van der Waals surface area contributed by atoms with Crippen molar-refractivity contribution < 1.29 is 9.90 Å². The van der Waals surface area contributed by atoms with Gasteiger partial charge in [-0.3, -0.25) is 0 Å². The predicted octanol–water partition coefficient (Wildman–Crippen LogP) is 2.22. The third-order valence-corrected chi connectivity index (χ3v) is 5.01. The Balaban J connectivity index is 1.66. The van der Waals surface area contributed by atoms with Gasteiger partial charge in [-0.15, -0.1) is 5.10 Å². The summed E-state index contributed by atoms with van der Waals surface area (Å²) in [6.45, 7) is 3.11. The molecule has 1 saturated heterocycles. The molecule has 128 valence electrons. The van der Waals surface area contributed by atoms with Crippen molar-refractivity contribution in [2.45, 2.75) is 25.3 Å². The van der Waals surface area contributed by atoms with Gasteiger partial charge < -0.3 is 14.6 Å². The fraction of sp³-hybridized carbons (Fsp3) is 0.333. The molecule has 3 heterocycles. The third kappa shape index (κ3) is 2.52. The van der Waals surface area contributed by atoms with Gasteiger partial charge in [-0.25, -0.2) is 9.78 Å². The molecule has 0 aliphatic carbocycles. The van der Waals surface area contributed by atoms with Gasteiger partial charge in [-0.1, -0.05) is 12.1 Å². The third-order valence-electron chi connectivity index (χ3n) is 5.01. The number of aromatic nitrogens is 4. The Labute approximate surface area is 144 Å². The standard InChI is InChI=1S/C18H19N5O2/c1-13-6-7-16(21-20-13)22-10-8-18(9-11-22,17(24)25)23-12-19-14-4-2-3-5-15(14)23/h2-7,12H,8-11H2,1H3,(H,24,25). The first-order valence-electron chi connectivity index (χ1n) is 8.31. The van der Waals surface area contributed by atoms with Gasteiger partial charge in [0.15, 0.2) is 5.82 Å². The minimum absolute atomic E-state index is 0.484. The largest absolute Gasteiger partial charge is 0.479 e. The van der Waals surface area contributed by atoms with E-state index in [0.717, 1.165) is 22.5 Å². The second-order valence-electron chi connectivity index (χ2n) is 6.46. The maximum Gasteiger partial charge on any atom is 0.330 e. The lowest BCUT2D eigenvalue weighted by molar-refractivity contribution is -0.148. The van der Waals surface area contributed by atoms with E-state index in [0.29, 0.717) is 25.9 Å². The average Bonchev–Trinajstić information content (AvgIpc) is 3.07. The minimum atomic E-state index is -0.981. The van der Waals surface area contributed by atoms with Crippen molar-refractivity contribution in [2.24, 2.45) is 0 Å². The molecule has 0 radical (unpaired) electrons. The molecular formula is C18H19N5O2. The Morgan fingerprint density at radius 1 is 1.12 bits per heavy atom.